The van der Waals surface area contributed by atoms with E-state index in [0.717, 1.165) is 88.7 Å². The van der Waals surface area contributed by atoms with Crippen molar-refractivity contribution in [3.63, 3.8) is 0 Å². The number of piperidine rings is 1. The van der Waals surface area contributed by atoms with Crippen LogP contribution in [0.3, 0.4) is 0 Å². The zero-order valence-electron chi connectivity index (χ0n) is 17.5. The van der Waals surface area contributed by atoms with Crippen molar-refractivity contribution in [2.75, 3.05) is 37.7 Å². The average Bonchev–Trinajstić information content (AvgIpc) is 2.74. The van der Waals surface area contributed by atoms with E-state index in [2.05, 4.69) is 11.8 Å². The lowest BCUT2D eigenvalue weighted by atomic mass is 9.96. The summed E-state index contributed by atoms with van der Waals surface area (Å²) >= 11 is 0. The number of hydrogen-bond acceptors (Lipinski definition) is 5. The van der Waals surface area contributed by atoms with E-state index in [1.807, 2.05) is 11.8 Å². The molecule has 1 atom stereocenters. The smallest absolute Gasteiger partial charge is 0.222 e. The van der Waals surface area contributed by atoms with Gasteiger partial charge in [-0.05, 0) is 57.8 Å². The molecule has 6 heteroatoms. The van der Waals surface area contributed by atoms with Crippen LogP contribution in [0.4, 0.5) is 5.82 Å². The Hall–Kier alpha value is -1.69. The first-order valence-electron chi connectivity index (χ1n) is 11.2. The number of nitrogens with zero attached hydrogens (tertiary/aromatic N) is 4. The molecular formula is C22H34N4O2. The minimum atomic E-state index is 0.0389. The van der Waals surface area contributed by atoms with E-state index in [-0.39, 0.29) is 11.9 Å². The third-order valence-corrected chi connectivity index (χ3v) is 6.61. The van der Waals surface area contributed by atoms with Crippen molar-refractivity contribution < 1.29 is 9.53 Å². The van der Waals surface area contributed by atoms with Gasteiger partial charge < -0.3 is 14.5 Å². The summed E-state index contributed by atoms with van der Waals surface area (Å²) in [5.74, 6) is 2.90. The largest absolute Gasteiger partial charge is 0.381 e. The van der Waals surface area contributed by atoms with Crippen LogP contribution in [0.25, 0.3) is 0 Å². The van der Waals surface area contributed by atoms with Crippen LogP contribution in [-0.2, 0) is 16.0 Å². The van der Waals surface area contributed by atoms with E-state index in [1.165, 1.54) is 12.0 Å². The molecule has 1 aromatic heterocycles. The molecule has 0 aliphatic carbocycles. The number of aromatic nitrogens is 2. The fourth-order valence-corrected chi connectivity index (χ4v) is 4.98. The molecule has 0 bridgehead atoms. The first-order chi connectivity index (χ1) is 13.7. The topological polar surface area (TPSA) is 58.6 Å². The molecule has 28 heavy (non-hydrogen) atoms. The highest BCUT2D eigenvalue weighted by Gasteiger charge is 2.32. The lowest BCUT2D eigenvalue weighted by Gasteiger charge is -2.37. The summed E-state index contributed by atoms with van der Waals surface area (Å²) in [6.07, 6.45) is 8.28. The summed E-state index contributed by atoms with van der Waals surface area (Å²) in [5.41, 5.74) is 2.41. The van der Waals surface area contributed by atoms with E-state index < -0.39 is 0 Å². The maximum absolute atomic E-state index is 12.5. The van der Waals surface area contributed by atoms with Crippen LogP contribution in [0.15, 0.2) is 0 Å². The maximum Gasteiger partial charge on any atom is 0.222 e. The number of carbonyl (C=O) groups excluding carboxylic acids is 1. The predicted molar refractivity (Wildman–Crippen MR) is 109 cm³/mol. The van der Waals surface area contributed by atoms with Crippen LogP contribution in [0, 0.1) is 12.8 Å². The van der Waals surface area contributed by atoms with Crippen LogP contribution >= 0.6 is 0 Å². The maximum atomic E-state index is 12.5. The number of amides is 1. The summed E-state index contributed by atoms with van der Waals surface area (Å²) in [4.78, 5) is 27.0. The lowest BCUT2D eigenvalue weighted by molar-refractivity contribution is -0.134. The molecule has 4 heterocycles. The van der Waals surface area contributed by atoms with Gasteiger partial charge in [0.1, 0.15) is 5.82 Å². The van der Waals surface area contributed by atoms with Crippen molar-refractivity contribution in [3.05, 3.63) is 17.1 Å². The van der Waals surface area contributed by atoms with E-state index in [4.69, 9.17) is 14.7 Å². The predicted octanol–water partition coefficient (Wildman–Crippen LogP) is 3.43. The van der Waals surface area contributed by atoms with Gasteiger partial charge in [0.25, 0.3) is 0 Å². The Bertz CT molecular complexity index is 702. The van der Waals surface area contributed by atoms with Gasteiger partial charge in [0.05, 0.1) is 6.04 Å². The number of hydrogen-bond donors (Lipinski definition) is 0. The quantitative estimate of drug-likeness (QED) is 0.793. The molecule has 4 rings (SSSR count). The third-order valence-electron chi connectivity index (χ3n) is 6.61. The molecule has 3 aliphatic heterocycles. The minimum absolute atomic E-state index is 0.0389. The molecule has 0 saturated carbocycles. The van der Waals surface area contributed by atoms with Crippen LogP contribution in [0.5, 0.6) is 0 Å². The standard InChI is InChI=1S/C22H34N4O2/c1-3-20(27)26-12-5-4-8-19(26)21-23-16(2)18-7-6-11-25(22(18)24-21)15-17-9-13-28-14-10-17/h17,19H,3-15H2,1-2H3/t19-/m1/s1. The molecule has 0 unspecified atom stereocenters. The molecule has 3 aliphatic rings. The van der Waals surface area contributed by atoms with E-state index >= 15 is 0 Å². The molecule has 2 fully saturated rings. The van der Waals surface area contributed by atoms with Crippen molar-refractivity contribution in [1.82, 2.24) is 14.9 Å². The monoisotopic (exact) mass is 386 g/mol. The van der Waals surface area contributed by atoms with Crippen LogP contribution in [0.1, 0.15) is 75.0 Å². The Morgan fingerprint density at radius 3 is 2.71 bits per heavy atom. The molecule has 154 valence electrons. The number of carbonyl (C=O) groups is 1. The van der Waals surface area contributed by atoms with Crippen molar-refractivity contribution in [2.24, 2.45) is 5.92 Å². The first kappa shape index (κ1) is 19.6. The van der Waals surface area contributed by atoms with Crippen molar-refractivity contribution in [3.8, 4) is 0 Å². The van der Waals surface area contributed by atoms with Gasteiger partial charge in [-0.3, -0.25) is 4.79 Å². The highest BCUT2D eigenvalue weighted by atomic mass is 16.5. The minimum Gasteiger partial charge on any atom is -0.381 e. The zero-order valence-corrected chi connectivity index (χ0v) is 17.5. The van der Waals surface area contributed by atoms with Gasteiger partial charge in [-0.25, -0.2) is 9.97 Å². The Kier molecular flexibility index (Phi) is 6.14. The van der Waals surface area contributed by atoms with Crippen LogP contribution < -0.4 is 4.90 Å². The van der Waals surface area contributed by atoms with Gasteiger partial charge >= 0.3 is 0 Å². The fraction of sp³-hybridized carbons (Fsp3) is 0.773. The van der Waals surface area contributed by atoms with Crippen LogP contribution in [-0.4, -0.2) is 53.6 Å². The Morgan fingerprint density at radius 2 is 1.93 bits per heavy atom. The summed E-state index contributed by atoms with van der Waals surface area (Å²) < 4.78 is 5.54. The second-order valence-electron chi connectivity index (χ2n) is 8.53. The second kappa shape index (κ2) is 8.76. The fourth-order valence-electron chi connectivity index (χ4n) is 4.98. The number of ether oxygens (including phenoxy) is 1. The molecule has 6 nitrogen and oxygen atoms in total. The summed E-state index contributed by atoms with van der Waals surface area (Å²) in [5, 5.41) is 0. The second-order valence-corrected chi connectivity index (χ2v) is 8.53. The molecule has 0 aromatic carbocycles. The summed E-state index contributed by atoms with van der Waals surface area (Å²) in [6.45, 7) is 8.81. The van der Waals surface area contributed by atoms with Gasteiger partial charge in [-0.1, -0.05) is 6.92 Å². The van der Waals surface area contributed by atoms with Gasteiger partial charge in [0.15, 0.2) is 5.82 Å². The van der Waals surface area contributed by atoms with E-state index in [9.17, 15) is 4.79 Å². The average molecular weight is 387 g/mol. The van der Waals surface area contributed by atoms with Crippen molar-refractivity contribution in [2.45, 2.75) is 71.3 Å². The van der Waals surface area contributed by atoms with Gasteiger partial charge in [0, 0.05) is 50.5 Å². The molecule has 0 spiro atoms. The molecule has 0 radical (unpaired) electrons. The molecule has 1 amide bonds. The Labute approximate surface area is 168 Å². The first-order valence-corrected chi connectivity index (χ1v) is 11.2. The normalized spacial score (nSPS) is 23.6. The molecular weight excluding hydrogens is 352 g/mol. The molecule has 2 saturated heterocycles. The summed E-state index contributed by atoms with van der Waals surface area (Å²) in [6, 6.07) is 0.0389. The van der Waals surface area contributed by atoms with Crippen LogP contribution in [0.2, 0.25) is 0 Å². The molecule has 0 N–H and O–H groups in total. The number of aryl methyl sites for hydroxylation is 1. The van der Waals surface area contributed by atoms with E-state index in [1.54, 1.807) is 0 Å². The van der Waals surface area contributed by atoms with Crippen molar-refractivity contribution in [1.29, 1.82) is 0 Å². The Morgan fingerprint density at radius 1 is 1.11 bits per heavy atom. The zero-order chi connectivity index (χ0) is 19.5. The third kappa shape index (κ3) is 4.02. The number of rotatable bonds is 4. The lowest BCUT2D eigenvalue weighted by Crippen LogP contribution is -2.40. The SMILES string of the molecule is CCC(=O)N1CCCC[C@@H]1c1nc(C)c2c(n1)N(CC1CCOCC1)CCC2. The Balaban J connectivity index is 1.62. The van der Waals surface area contributed by atoms with Gasteiger partial charge in [0.2, 0.25) is 5.91 Å². The number of likely N-dealkylation sites (tertiary alicyclic amines) is 1. The van der Waals surface area contributed by atoms with Gasteiger partial charge in [-0.15, -0.1) is 0 Å². The number of anilines is 1. The van der Waals surface area contributed by atoms with Crippen molar-refractivity contribution >= 4 is 11.7 Å². The highest BCUT2D eigenvalue weighted by molar-refractivity contribution is 5.76. The van der Waals surface area contributed by atoms with Gasteiger partial charge in [-0.2, -0.15) is 0 Å². The van der Waals surface area contributed by atoms with E-state index in [0.29, 0.717) is 12.3 Å². The highest BCUT2D eigenvalue weighted by Crippen LogP contribution is 2.34. The molecule has 1 aromatic rings. The summed E-state index contributed by atoms with van der Waals surface area (Å²) in [7, 11) is 0. The number of fused-ring (bicyclic) bond motifs is 1.